The summed E-state index contributed by atoms with van der Waals surface area (Å²) in [6.07, 6.45) is 8.07. The lowest BCUT2D eigenvalue weighted by atomic mass is 9.61. The molecule has 3 rings (SSSR count). The van der Waals surface area contributed by atoms with Crippen molar-refractivity contribution in [3.05, 3.63) is 90.3 Å². The summed E-state index contributed by atoms with van der Waals surface area (Å²) in [5.41, 5.74) is 7.18. The molecule has 0 bridgehead atoms. The lowest BCUT2D eigenvalue weighted by molar-refractivity contribution is -0.690. The van der Waals surface area contributed by atoms with Gasteiger partial charge in [-0.15, -0.1) is 0 Å². The summed E-state index contributed by atoms with van der Waals surface area (Å²) in [7, 11) is 0. The Kier molecular flexibility index (Phi) is 5.99. The standard InChI is InChI=1S/C28H36N2/c1-9-22(4)27(6)17-19-30-18-13-14-21(3)26(30)25-16-12-11-15-24(25)20-23(5)28(27,7)29(8)10-2/h9-16,18H,2,5,8,17,19-20H2,1,3-4,6-7H3/q+2/b22-9+. The molecule has 0 radical (unpaired) electrons. The van der Waals surface area contributed by atoms with E-state index in [1.54, 1.807) is 0 Å². The van der Waals surface area contributed by atoms with Crippen molar-refractivity contribution < 1.29 is 9.14 Å². The van der Waals surface area contributed by atoms with E-state index in [2.05, 4.69) is 108 Å². The summed E-state index contributed by atoms with van der Waals surface area (Å²) < 4.78 is 4.44. The van der Waals surface area contributed by atoms with Crippen LogP contribution < -0.4 is 4.57 Å². The second kappa shape index (κ2) is 8.18. The number of pyridine rings is 1. The second-order valence-corrected chi connectivity index (χ2v) is 8.95. The molecule has 1 aromatic carbocycles. The summed E-state index contributed by atoms with van der Waals surface area (Å²) in [6.45, 7) is 25.2. The van der Waals surface area contributed by atoms with Crippen LogP contribution in [0.1, 0.15) is 45.2 Å². The molecule has 1 aliphatic rings. The number of aryl methyl sites for hydroxylation is 2. The first-order valence-electron chi connectivity index (χ1n) is 10.8. The molecule has 1 aliphatic heterocycles. The first-order valence-corrected chi connectivity index (χ1v) is 10.8. The van der Waals surface area contributed by atoms with Gasteiger partial charge in [-0.1, -0.05) is 36.4 Å². The van der Waals surface area contributed by atoms with Gasteiger partial charge in [0, 0.05) is 37.0 Å². The highest BCUT2D eigenvalue weighted by molar-refractivity contribution is 5.65. The SMILES string of the molecule is C=C[N+](=C)C1(C)C(=C)Cc2ccccc2-c2c(C)ccc[n+]2CCC1(C)/C(C)=C/C. The van der Waals surface area contributed by atoms with Crippen LogP contribution in [0.25, 0.3) is 11.3 Å². The van der Waals surface area contributed by atoms with E-state index in [-0.39, 0.29) is 11.0 Å². The van der Waals surface area contributed by atoms with E-state index in [0.29, 0.717) is 0 Å². The third-order valence-electron chi connectivity index (χ3n) is 7.66. The van der Waals surface area contributed by atoms with Crippen LogP contribution in [0.3, 0.4) is 0 Å². The molecule has 156 valence electrons. The number of benzene rings is 1. The highest BCUT2D eigenvalue weighted by Gasteiger charge is 2.55. The van der Waals surface area contributed by atoms with Crippen molar-refractivity contribution in [1.82, 2.24) is 0 Å². The molecule has 0 fully saturated rings. The molecular formula is C28H36N2+2. The number of hydrogen-bond acceptors (Lipinski definition) is 0. The van der Waals surface area contributed by atoms with E-state index in [0.717, 1.165) is 25.0 Å². The van der Waals surface area contributed by atoms with Crippen LogP contribution in [0, 0.1) is 12.3 Å². The summed E-state index contributed by atoms with van der Waals surface area (Å²) in [5.74, 6) is 0. The molecule has 2 heteroatoms. The monoisotopic (exact) mass is 400 g/mol. The fourth-order valence-corrected chi connectivity index (χ4v) is 5.11. The lowest BCUT2D eigenvalue weighted by Gasteiger charge is -2.44. The Balaban J connectivity index is 2.34. The molecular weight excluding hydrogens is 364 g/mol. The van der Waals surface area contributed by atoms with Crippen LogP contribution in [0.15, 0.2) is 79.2 Å². The molecule has 2 heterocycles. The van der Waals surface area contributed by atoms with Gasteiger partial charge in [-0.25, -0.2) is 4.58 Å². The predicted octanol–water partition coefficient (Wildman–Crippen LogP) is 6.04. The van der Waals surface area contributed by atoms with Crippen molar-refractivity contribution >= 4 is 6.72 Å². The van der Waals surface area contributed by atoms with Crippen LogP contribution in [0.5, 0.6) is 0 Å². The smallest absolute Gasteiger partial charge is 0.202 e. The average molecular weight is 401 g/mol. The quantitative estimate of drug-likeness (QED) is 0.337. The molecule has 2 aromatic rings. The summed E-state index contributed by atoms with van der Waals surface area (Å²) in [4.78, 5) is 0. The Morgan fingerprint density at radius 3 is 2.53 bits per heavy atom. The van der Waals surface area contributed by atoms with Crippen LogP contribution in [0.2, 0.25) is 0 Å². The minimum atomic E-state index is -0.375. The molecule has 0 N–H and O–H groups in total. The number of allylic oxidation sites excluding steroid dienone is 1. The third-order valence-corrected chi connectivity index (χ3v) is 7.66. The van der Waals surface area contributed by atoms with Crippen LogP contribution in [-0.2, 0) is 13.0 Å². The minimum Gasteiger partial charge on any atom is -0.202 e. The zero-order valence-corrected chi connectivity index (χ0v) is 19.3. The zero-order chi connectivity index (χ0) is 22.1. The summed E-state index contributed by atoms with van der Waals surface area (Å²) >= 11 is 0. The van der Waals surface area contributed by atoms with Gasteiger partial charge in [0.15, 0.2) is 17.9 Å². The number of hydrogen-bond donors (Lipinski definition) is 0. The molecule has 1 aromatic heterocycles. The van der Waals surface area contributed by atoms with Crippen molar-refractivity contribution in [2.45, 2.75) is 59.5 Å². The Hall–Kier alpha value is -2.74. The molecule has 30 heavy (non-hydrogen) atoms. The van der Waals surface area contributed by atoms with E-state index in [9.17, 15) is 0 Å². The van der Waals surface area contributed by atoms with Gasteiger partial charge in [0.2, 0.25) is 5.69 Å². The fourth-order valence-electron chi connectivity index (χ4n) is 5.11. The van der Waals surface area contributed by atoms with E-state index >= 15 is 0 Å². The first-order chi connectivity index (χ1) is 14.2. The average Bonchev–Trinajstić information content (AvgIpc) is 2.75. The van der Waals surface area contributed by atoms with Gasteiger partial charge in [0.1, 0.15) is 13.3 Å². The Morgan fingerprint density at radius 1 is 1.17 bits per heavy atom. The highest BCUT2D eigenvalue weighted by atomic mass is 15.1. The second-order valence-electron chi connectivity index (χ2n) is 8.95. The van der Waals surface area contributed by atoms with Gasteiger partial charge >= 0.3 is 0 Å². The van der Waals surface area contributed by atoms with Gasteiger partial charge in [-0.2, -0.15) is 4.57 Å². The summed E-state index contributed by atoms with van der Waals surface area (Å²) in [6, 6.07) is 13.1. The van der Waals surface area contributed by atoms with Gasteiger partial charge in [-0.3, -0.25) is 0 Å². The van der Waals surface area contributed by atoms with E-state index in [4.69, 9.17) is 0 Å². The van der Waals surface area contributed by atoms with Crippen molar-refractivity contribution in [1.29, 1.82) is 0 Å². The highest BCUT2D eigenvalue weighted by Crippen LogP contribution is 2.49. The molecule has 2 unspecified atom stereocenters. The van der Waals surface area contributed by atoms with E-state index in [1.807, 2.05) is 10.8 Å². The Bertz CT molecular complexity index is 1040. The Labute approximate surface area is 182 Å². The van der Waals surface area contributed by atoms with Gasteiger partial charge in [-0.05, 0) is 57.5 Å². The van der Waals surface area contributed by atoms with Crippen molar-refractivity contribution in [3.63, 3.8) is 0 Å². The van der Waals surface area contributed by atoms with Gasteiger partial charge < -0.3 is 0 Å². The van der Waals surface area contributed by atoms with Gasteiger partial charge in [0.05, 0.1) is 5.41 Å². The van der Waals surface area contributed by atoms with Crippen molar-refractivity contribution in [2.24, 2.45) is 5.41 Å². The zero-order valence-electron chi connectivity index (χ0n) is 19.3. The first kappa shape index (κ1) is 22.0. The number of nitrogens with zero attached hydrogens (tertiary/aromatic N) is 2. The minimum absolute atomic E-state index is 0.158. The van der Waals surface area contributed by atoms with Crippen LogP contribution in [-0.4, -0.2) is 16.8 Å². The molecule has 0 amide bonds. The largest absolute Gasteiger partial charge is 0.215 e. The fraction of sp³-hybridized carbons (Fsp3) is 0.357. The van der Waals surface area contributed by atoms with E-state index in [1.165, 1.54) is 28.0 Å². The molecule has 0 saturated heterocycles. The maximum absolute atomic E-state index is 4.64. The summed E-state index contributed by atoms with van der Waals surface area (Å²) in [5, 5.41) is 0. The van der Waals surface area contributed by atoms with E-state index < -0.39 is 0 Å². The normalized spacial score (nSPS) is 24.6. The molecule has 0 aliphatic carbocycles. The molecule has 2 nitrogen and oxygen atoms in total. The lowest BCUT2D eigenvalue weighted by Crippen LogP contribution is -2.55. The molecule has 2 atom stereocenters. The molecule has 0 saturated carbocycles. The van der Waals surface area contributed by atoms with Crippen LogP contribution in [0.4, 0.5) is 0 Å². The third kappa shape index (κ3) is 3.29. The molecule has 0 spiro atoms. The predicted molar refractivity (Wildman–Crippen MR) is 128 cm³/mol. The van der Waals surface area contributed by atoms with Crippen molar-refractivity contribution in [2.75, 3.05) is 0 Å². The topological polar surface area (TPSA) is 6.89 Å². The number of aromatic nitrogens is 1. The Morgan fingerprint density at radius 2 is 1.87 bits per heavy atom. The van der Waals surface area contributed by atoms with Gasteiger partial charge in [0.25, 0.3) is 0 Å². The maximum Gasteiger partial charge on any atom is 0.215 e. The van der Waals surface area contributed by atoms with Crippen LogP contribution >= 0.6 is 0 Å². The number of rotatable bonds is 3. The van der Waals surface area contributed by atoms with Crippen molar-refractivity contribution in [3.8, 4) is 11.3 Å². The maximum atomic E-state index is 4.64. The number of fused-ring (bicyclic) bond motifs is 3.